The molecule has 4 nitrogen and oxygen atoms in total. The van der Waals surface area contributed by atoms with Crippen molar-refractivity contribution >= 4 is 0 Å². The molecule has 1 aromatic rings. The molecule has 1 fully saturated rings. The summed E-state index contributed by atoms with van der Waals surface area (Å²) in [7, 11) is 0. The molecule has 2 rings (SSSR count). The van der Waals surface area contributed by atoms with Crippen molar-refractivity contribution in [1.29, 1.82) is 0 Å². The van der Waals surface area contributed by atoms with E-state index in [1.165, 1.54) is 16.0 Å². The molecule has 4 heteroatoms. The van der Waals surface area contributed by atoms with Crippen molar-refractivity contribution in [1.82, 2.24) is 0 Å². The lowest BCUT2D eigenvalue weighted by molar-refractivity contribution is -0.918. The summed E-state index contributed by atoms with van der Waals surface area (Å²) in [4.78, 5) is 1.39. The van der Waals surface area contributed by atoms with Gasteiger partial charge in [0.25, 0.3) is 0 Å². The maximum absolute atomic E-state index is 10.3. The summed E-state index contributed by atoms with van der Waals surface area (Å²) >= 11 is 0. The minimum absolute atomic E-state index is 0.256. The number of benzene rings is 1. The highest BCUT2D eigenvalue weighted by Crippen LogP contribution is 2.27. The second-order valence-corrected chi connectivity index (χ2v) is 7.28. The molecule has 0 bridgehead atoms. The zero-order valence-electron chi connectivity index (χ0n) is 15.1. The van der Waals surface area contributed by atoms with Crippen molar-refractivity contribution in [3.05, 3.63) is 29.3 Å². The molecule has 1 aliphatic heterocycles. The Balaban J connectivity index is 1.89. The fourth-order valence-corrected chi connectivity index (χ4v) is 3.38. The Bertz CT molecular complexity index is 493. The normalized spacial score (nSPS) is 26.3. The van der Waals surface area contributed by atoms with Crippen molar-refractivity contribution in [2.24, 2.45) is 0 Å². The molecule has 130 valence electrons. The Morgan fingerprint density at radius 1 is 1.26 bits per heavy atom. The monoisotopic (exact) mass is 322 g/mol. The Hall–Kier alpha value is -1.10. The van der Waals surface area contributed by atoms with E-state index in [0.29, 0.717) is 19.1 Å². The molecule has 0 saturated carbocycles. The van der Waals surface area contributed by atoms with Crippen LogP contribution in [0.3, 0.4) is 0 Å². The van der Waals surface area contributed by atoms with E-state index in [1.54, 1.807) is 0 Å². The molecule has 1 aliphatic rings. The van der Waals surface area contributed by atoms with E-state index in [0.717, 1.165) is 18.8 Å². The van der Waals surface area contributed by atoms with Crippen LogP contribution in [-0.2, 0) is 4.74 Å². The third-order valence-corrected chi connectivity index (χ3v) is 4.36. The number of hydrogen-bond acceptors (Lipinski definition) is 3. The van der Waals surface area contributed by atoms with Crippen molar-refractivity contribution in [2.45, 2.75) is 58.8 Å². The largest absolute Gasteiger partial charge is 0.490 e. The highest BCUT2D eigenvalue weighted by Gasteiger charge is 2.27. The summed E-state index contributed by atoms with van der Waals surface area (Å²) in [6.45, 7) is 13.5. The van der Waals surface area contributed by atoms with Gasteiger partial charge in [-0.25, -0.2) is 0 Å². The van der Waals surface area contributed by atoms with E-state index in [9.17, 15) is 5.11 Å². The molecule has 0 unspecified atom stereocenters. The molecule has 3 atom stereocenters. The van der Waals surface area contributed by atoms with Gasteiger partial charge in [-0.2, -0.15) is 0 Å². The zero-order chi connectivity index (χ0) is 17.0. The lowest BCUT2D eigenvalue weighted by atomic mass is 10.0. The predicted molar refractivity (Wildman–Crippen MR) is 92.3 cm³/mol. The van der Waals surface area contributed by atoms with E-state index in [2.05, 4.69) is 52.8 Å². The molecule has 1 aromatic carbocycles. The number of morpholine rings is 1. The van der Waals surface area contributed by atoms with E-state index in [4.69, 9.17) is 9.47 Å². The molecular formula is C19H32NO3+. The van der Waals surface area contributed by atoms with Gasteiger partial charge < -0.3 is 19.5 Å². The molecule has 0 radical (unpaired) electrons. The zero-order valence-corrected chi connectivity index (χ0v) is 15.1. The lowest BCUT2D eigenvalue weighted by Gasteiger charge is -2.33. The molecule has 0 amide bonds. The maximum Gasteiger partial charge on any atom is 0.137 e. The second kappa shape index (κ2) is 8.13. The van der Waals surface area contributed by atoms with Crippen molar-refractivity contribution in [3.8, 4) is 5.75 Å². The van der Waals surface area contributed by atoms with E-state index < -0.39 is 6.10 Å². The number of hydrogen-bond donors (Lipinski definition) is 2. The van der Waals surface area contributed by atoms with Crippen LogP contribution in [0.25, 0.3) is 0 Å². The predicted octanol–water partition coefficient (Wildman–Crippen LogP) is 1.55. The number of aliphatic hydroxyl groups is 1. The molecule has 0 aliphatic carbocycles. The lowest BCUT2D eigenvalue weighted by Crippen LogP contribution is -3.16. The van der Waals surface area contributed by atoms with Crippen LogP contribution in [0.5, 0.6) is 5.75 Å². The standard InChI is InChI=1S/C19H31NO3/c1-13(2)18-7-6-14(3)8-19(18)22-12-17(21)11-20-9-15(4)23-16(5)10-20/h6-8,13,15-17,21H,9-12H2,1-5H3/p+1/t15-,16-,17+/m1/s1. The van der Waals surface area contributed by atoms with Gasteiger partial charge >= 0.3 is 0 Å². The number of ether oxygens (including phenoxy) is 2. The summed E-state index contributed by atoms with van der Waals surface area (Å²) in [5.41, 5.74) is 2.38. The van der Waals surface area contributed by atoms with Gasteiger partial charge in [-0.05, 0) is 43.9 Å². The number of aliphatic hydroxyl groups excluding tert-OH is 1. The van der Waals surface area contributed by atoms with Crippen LogP contribution in [0, 0.1) is 6.92 Å². The van der Waals surface area contributed by atoms with Gasteiger partial charge in [0.15, 0.2) is 0 Å². The molecule has 23 heavy (non-hydrogen) atoms. The van der Waals surface area contributed by atoms with Crippen LogP contribution in [0.15, 0.2) is 18.2 Å². The SMILES string of the molecule is Cc1ccc(C(C)C)c(OC[C@@H](O)C[NH+]2C[C@@H](C)O[C@H](C)C2)c1. The number of rotatable bonds is 6. The van der Waals surface area contributed by atoms with Gasteiger partial charge in [0.1, 0.15) is 50.3 Å². The fourth-order valence-electron chi connectivity index (χ4n) is 3.38. The third kappa shape index (κ3) is 5.48. The van der Waals surface area contributed by atoms with Crippen molar-refractivity contribution in [2.75, 3.05) is 26.2 Å². The molecule has 1 saturated heterocycles. The van der Waals surface area contributed by atoms with Crippen LogP contribution in [0.2, 0.25) is 0 Å². The maximum atomic E-state index is 10.3. The Kier molecular flexibility index (Phi) is 6.45. The van der Waals surface area contributed by atoms with E-state index in [-0.39, 0.29) is 12.2 Å². The fraction of sp³-hybridized carbons (Fsp3) is 0.684. The second-order valence-electron chi connectivity index (χ2n) is 7.28. The molecule has 1 heterocycles. The summed E-state index contributed by atoms with van der Waals surface area (Å²) < 4.78 is 11.7. The quantitative estimate of drug-likeness (QED) is 0.835. The number of aryl methyl sites for hydroxylation is 1. The number of quaternary nitrogens is 1. The first kappa shape index (κ1) is 18.2. The van der Waals surface area contributed by atoms with Gasteiger partial charge in [-0.1, -0.05) is 26.0 Å². The van der Waals surface area contributed by atoms with Gasteiger partial charge in [-0.15, -0.1) is 0 Å². The van der Waals surface area contributed by atoms with Gasteiger partial charge in [0, 0.05) is 0 Å². The summed E-state index contributed by atoms with van der Waals surface area (Å²) in [5.74, 6) is 1.31. The van der Waals surface area contributed by atoms with Crippen LogP contribution in [0.1, 0.15) is 44.7 Å². The number of nitrogens with one attached hydrogen (secondary N) is 1. The van der Waals surface area contributed by atoms with Crippen molar-refractivity contribution in [3.63, 3.8) is 0 Å². The first-order chi connectivity index (χ1) is 10.8. The molecular weight excluding hydrogens is 290 g/mol. The van der Waals surface area contributed by atoms with Crippen molar-refractivity contribution < 1.29 is 19.5 Å². The highest BCUT2D eigenvalue weighted by molar-refractivity contribution is 5.39. The Labute approximate surface area is 140 Å². The minimum atomic E-state index is -0.456. The first-order valence-electron chi connectivity index (χ1n) is 8.75. The van der Waals surface area contributed by atoms with Gasteiger partial charge in [-0.3, -0.25) is 0 Å². The van der Waals surface area contributed by atoms with Crippen LogP contribution in [-0.4, -0.2) is 49.7 Å². The van der Waals surface area contributed by atoms with E-state index >= 15 is 0 Å². The molecule has 0 aromatic heterocycles. The summed E-state index contributed by atoms with van der Waals surface area (Å²) in [6, 6.07) is 6.30. The van der Waals surface area contributed by atoms with Gasteiger partial charge in [0.05, 0.1) is 0 Å². The Morgan fingerprint density at radius 2 is 1.91 bits per heavy atom. The summed E-state index contributed by atoms with van der Waals surface area (Å²) in [6.07, 6.45) is 0.0559. The molecule has 0 spiro atoms. The highest BCUT2D eigenvalue weighted by atomic mass is 16.5. The van der Waals surface area contributed by atoms with E-state index in [1.807, 2.05) is 0 Å². The van der Waals surface area contributed by atoms with Crippen LogP contribution < -0.4 is 9.64 Å². The first-order valence-corrected chi connectivity index (χ1v) is 8.75. The van der Waals surface area contributed by atoms with Crippen LogP contribution in [0.4, 0.5) is 0 Å². The smallest absolute Gasteiger partial charge is 0.137 e. The minimum Gasteiger partial charge on any atom is -0.490 e. The Morgan fingerprint density at radius 3 is 2.52 bits per heavy atom. The molecule has 2 N–H and O–H groups in total. The average Bonchev–Trinajstić information content (AvgIpc) is 2.43. The van der Waals surface area contributed by atoms with Crippen LogP contribution >= 0.6 is 0 Å². The average molecular weight is 322 g/mol. The van der Waals surface area contributed by atoms with Gasteiger partial charge in [0.2, 0.25) is 0 Å². The topological polar surface area (TPSA) is 43.1 Å². The third-order valence-electron chi connectivity index (χ3n) is 4.36. The summed E-state index contributed by atoms with van der Waals surface area (Å²) in [5, 5.41) is 10.3.